The molecule has 0 atom stereocenters. The summed E-state index contributed by atoms with van der Waals surface area (Å²) in [5.41, 5.74) is 2.12. The second kappa shape index (κ2) is 5.68. The Hall–Kier alpha value is -1.82. The maximum Gasteiger partial charge on any atom is 0.216 e. The fraction of sp³-hybridized carbons (Fsp3) is 0.500. The SMILES string of the molecule is COc1c(CNCCn2ccnc2)c(C)nn1C. The van der Waals surface area contributed by atoms with E-state index in [-0.39, 0.29) is 0 Å². The smallest absolute Gasteiger partial charge is 0.216 e. The molecule has 0 aromatic carbocycles. The molecule has 6 nitrogen and oxygen atoms in total. The molecule has 2 aromatic rings. The molecule has 2 rings (SSSR count). The van der Waals surface area contributed by atoms with Crippen molar-refractivity contribution in [1.82, 2.24) is 24.6 Å². The summed E-state index contributed by atoms with van der Waals surface area (Å²) in [5, 5.41) is 7.73. The van der Waals surface area contributed by atoms with Gasteiger partial charge in [0.2, 0.25) is 5.88 Å². The highest BCUT2D eigenvalue weighted by Crippen LogP contribution is 2.20. The molecule has 0 aliphatic carbocycles. The molecule has 0 fully saturated rings. The Morgan fingerprint density at radius 3 is 2.94 bits per heavy atom. The van der Waals surface area contributed by atoms with Crippen LogP contribution in [0.5, 0.6) is 5.88 Å². The van der Waals surface area contributed by atoms with Crippen molar-refractivity contribution in [3.05, 3.63) is 30.0 Å². The number of hydrogen-bond donors (Lipinski definition) is 1. The second-order valence-electron chi connectivity index (χ2n) is 4.17. The zero-order chi connectivity index (χ0) is 13.0. The lowest BCUT2D eigenvalue weighted by atomic mass is 10.2. The first-order valence-corrected chi connectivity index (χ1v) is 5.95. The van der Waals surface area contributed by atoms with Crippen LogP contribution in [0.2, 0.25) is 0 Å². The maximum absolute atomic E-state index is 5.35. The van der Waals surface area contributed by atoms with Gasteiger partial charge in [0.05, 0.1) is 24.7 Å². The van der Waals surface area contributed by atoms with Crippen LogP contribution < -0.4 is 10.1 Å². The lowest BCUT2D eigenvalue weighted by molar-refractivity contribution is 0.368. The summed E-state index contributed by atoms with van der Waals surface area (Å²) in [4.78, 5) is 4.01. The van der Waals surface area contributed by atoms with Gasteiger partial charge >= 0.3 is 0 Å². The van der Waals surface area contributed by atoms with E-state index in [2.05, 4.69) is 15.4 Å². The highest BCUT2D eigenvalue weighted by atomic mass is 16.5. The molecular weight excluding hydrogens is 230 g/mol. The molecule has 0 unspecified atom stereocenters. The Bertz CT molecular complexity index is 489. The Labute approximate surface area is 107 Å². The number of aryl methyl sites for hydroxylation is 2. The fourth-order valence-corrected chi connectivity index (χ4v) is 1.98. The minimum Gasteiger partial charge on any atom is -0.481 e. The van der Waals surface area contributed by atoms with Crippen LogP contribution in [0.15, 0.2) is 18.7 Å². The Morgan fingerprint density at radius 1 is 1.44 bits per heavy atom. The molecule has 0 saturated carbocycles. The predicted molar refractivity (Wildman–Crippen MR) is 68.4 cm³/mol. The summed E-state index contributed by atoms with van der Waals surface area (Å²) in [6.07, 6.45) is 5.56. The zero-order valence-corrected chi connectivity index (χ0v) is 11.1. The van der Waals surface area contributed by atoms with Crippen molar-refractivity contribution < 1.29 is 4.74 Å². The van der Waals surface area contributed by atoms with Crippen molar-refractivity contribution in [3.8, 4) is 5.88 Å². The van der Waals surface area contributed by atoms with Gasteiger partial charge in [-0.2, -0.15) is 5.10 Å². The highest BCUT2D eigenvalue weighted by Gasteiger charge is 2.12. The predicted octanol–water partition coefficient (Wildman–Crippen LogP) is 0.723. The van der Waals surface area contributed by atoms with E-state index in [0.717, 1.165) is 36.8 Å². The third-order valence-electron chi connectivity index (χ3n) is 2.89. The minimum absolute atomic E-state index is 0.761. The van der Waals surface area contributed by atoms with Crippen LogP contribution in [0.1, 0.15) is 11.3 Å². The molecule has 0 saturated heterocycles. The summed E-state index contributed by atoms with van der Waals surface area (Å²) >= 11 is 0. The summed E-state index contributed by atoms with van der Waals surface area (Å²) in [6, 6.07) is 0. The molecule has 0 aliphatic heterocycles. The van der Waals surface area contributed by atoms with Gasteiger partial charge in [-0.1, -0.05) is 0 Å². The number of hydrogen-bond acceptors (Lipinski definition) is 4. The van der Waals surface area contributed by atoms with Crippen LogP contribution in [-0.4, -0.2) is 33.0 Å². The van der Waals surface area contributed by atoms with E-state index in [0.29, 0.717) is 0 Å². The normalized spacial score (nSPS) is 10.8. The Morgan fingerprint density at radius 2 is 2.28 bits per heavy atom. The summed E-state index contributed by atoms with van der Waals surface area (Å²) in [7, 11) is 3.56. The van der Waals surface area contributed by atoms with E-state index in [4.69, 9.17) is 4.74 Å². The summed E-state index contributed by atoms with van der Waals surface area (Å²) < 4.78 is 9.15. The van der Waals surface area contributed by atoms with Crippen LogP contribution in [0.25, 0.3) is 0 Å². The van der Waals surface area contributed by atoms with Crippen LogP contribution in [-0.2, 0) is 20.1 Å². The van der Waals surface area contributed by atoms with Crippen molar-refractivity contribution in [2.24, 2.45) is 7.05 Å². The number of nitrogens with zero attached hydrogens (tertiary/aromatic N) is 4. The molecule has 2 aromatic heterocycles. The van der Waals surface area contributed by atoms with Gasteiger partial charge < -0.3 is 14.6 Å². The number of rotatable bonds is 6. The topological polar surface area (TPSA) is 56.9 Å². The van der Waals surface area contributed by atoms with Gasteiger partial charge in [0.25, 0.3) is 0 Å². The number of imidazole rings is 1. The second-order valence-corrected chi connectivity index (χ2v) is 4.17. The Kier molecular flexibility index (Phi) is 3.99. The third kappa shape index (κ3) is 2.70. The number of aromatic nitrogens is 4. The first-order chi connectivity index (χ1) is 8.72. The molecule has 98 valence electrons. The van der Waals surface area contributed by atoms with E-state index < -0.39 is 0 Å². The van der Waals surface area contributed by atoms with Crippen molar-refractivity contribution in [1.29, 1.82) is 0 Å². The molecule has 0 amide bonds. The Balaban J connectivity index is 1.86. The molecule has 0 bridgehead atoms. The monoisotopic (exact) mass is 249 g/mol. The van der Waals surface area contributed by atoms with E-state index in [1.165, 1.54) is 0 Å². The van der Waals surface area contributed by atoms with E-state index >= 15 is 0 Å². The van der Waals surface area contributed by atoms with Crippen molar-refractivity contribution in [2.75, 3.05) is 13.7 Å². The number of methoxy groups -OCH3 is 1. The minimum atomic E-state index is 0.761. The van der Waals surface area contributed by atoms with Crippen molar-refractivity contribution in [3.63, 3.8) is 0 Å². The molecule has 0 aliphatic rings. The number of ether oxygens (including phenoxy) is 1. The third-order valence-corrected chi connectivity index (χ3v) is 2.89. The van der Waals surface area contributed by atoms with Gasteiger partial charge in [0.1, 0.15) is 0 Å². The van der Waals surface area contributed by atoms with Gasteiger partial charge in [-0.05, 0) is 6.92 Å². The van der Waals surface area contributed by atoms with Crippen LogP contribution in [0, 0.1) is 6.92 Å². The highest BCUT2D eigenvalue weighted by molar-refractivity contribution is 5.30. The summed E-state index contributed by atoms with van der Waals surface area (Å²) in [5.74, 6) is 0.822. The average molecular weight is 249 g/mol. The fourth-order valence-electron chi connectivity index (χ4n) is 1.98. The van der Waals surface area contributed by atoms with Gasteiger partial charge in [0.15, 0.2) is 0 Å². The van der Waals surface area contributed by atoms with Crippen LogP contribution in [0.4, 0.5) is 0 Å². The maximum atomic E-state index is 5.35. The molecule has 18 heavy (non-hydrogen) atoms. The van der Waals surface area contributed by atoms with Crippen LogP contribution >= 0.6 is 0 Å². The molecule has 6 heteroatoms. The van der Waals surface area contributed by atoms with Gasteiger partial charge in [-0.25, -0.2) is 9.67 Å². The average Bonchev–Trinajstić information content (AvgIpc) is 2.93. The quantitative estimate of drug-likeness (QED) is 0.767. The molecule has 0 radical (unpaired) electrons. The zero-order valence-electron chi connectivity index (χ0n) is 11.1. The lowest BCUT2D eigenvalue weighted by Gasteiger charge is -2.07. The summed E-state index contributed by atoms with van der Waals surface area (Å²) in [6.45, 7) is 4.54. The van der Waals surface area contributed by atoms with Gasteiger partial charge in [0, 0.05) is 39.1 Å². The first-order valence-electron chi connectivity index (χ1n) is 5.95. The van der Waals surface area contributed by atoms with E-state index in [1.807, 2.05) is 31.1 Å². The standard InChI is InChI=1S/C12H19N5O/c1-10-11(12(18-3)16(2)15-10)8-13-4-6-17-7-5-14-9-17/h5,7,9,13H,4,6,8H2,1-3H3. The van der Waals surface area contributed by atoms with Crippen molar-refractivity contribution >= 4 is 0 Å². The molecule has 1 N–H and O–H groups in total. The molecule has 2 heterocycles. The molecule has 0 spiro atoms. The van der Waals surface area contributed by atoms with Gasteiger partial charge in [-0.15, -0.1) is 0 Å². The first kappa shape index (κ1) is 12.6. The van der Waals surface area contributed by atoms with Crippen LogP contribution in [0.3, 0.4) is 0 Å². The van der Waals surface area contributed by atoms with E-state index in [9.17, 15) is 0 Å². The largest absolute Gasteiger partial charge is 0.481 e. The molecular formula is C12H19N5O. The lowest BCUT2D eigenvalue weighted by Crippen LogP contribution is -2.19. The van der Waals surface area contributed by atoms with E-state index in [1.54, 1.807) is 18.0 Å². The van der Waals surface area contributed by atoms with Crippen molar-refractivity contribution in [2.45, 2.75) is 20.0 Å². The van der Waals surface area contributed by atoms with Gasteiger partial charge in [-0.3, -0.25) is 0 Å². The number of nitrogens with one attached hydrogen (secondary N) is 1.